The number of hydrogen-bond acceptors (Lipinski definition) is 3. The highest BCUT2D eigenvalue weighted by atomic mass is 35.5. The van der Waals surface area contributed by atoms with Crippen molar-refractivity contribution in [2.75, 3.05) is 9.80 Å². The molecule has 2 amide bonds. The SMILES string of the molecule is O=C1[C@@H]2[C@H](C(=O)N1c1ccccc1)[C@H]1c3ccccc3Cc3ccccc3N1[C@H]2c1ccc(Cl)cc1. The first-order valence-corrected chi connectivity index (χ1v) is 12.6. The molecule has 0 bridgehead atoms. The van der Waals surface area contributed by atoms with E-state index in [0.717, 1.165) is 23.2 Å². The van der Waals surface area contributed by atoms with Gasteiger partial charge in [-0.05, 0) is 59.0 Å². The molecule has 0 spiro atoms. The molecule has 36 heavy (non-hydrogen) atoms. The minimum absolute atomic E-state index is 0.128. The van der Waals surface area contributed by atoms with Gasteiger partial charge in [0.2, 0.25) is 11.8 Å². The van der Waals surface area contributed by atoms with Crippen molar-refractivity contribution >= 4 is 34.8 Å². The van der Waals surface area contributed by atoms with Gasteiger partial charge in [-0.2, -0.15) is 0 Å². The molecule has 3 aliphatic heterocycles. The molecule has 0 N–H and O–H groups in total. The van der Waals surface area contributed by atoms with E-state index >= 15 is 0 Å². The number of carbonyl (C=O) groups excluding carboxylic acids is 2. The van der Waals surface area contributed by atoms with Gasteiger partial charge in [-0.1, -0.05) is 84.4 Å². The lowest BCUT2D eigenvalue weighted by atomic mass is 9.83. The summed E-state index contributed by atoms with van der Waals surface area (Å²) in [6, 6.07) is 33.2. The first-order valence-electron chi connectivity index (χ1n) is 12.3. The Morgan fingerprint density at radius 3 is 2.00 bits per heavy atom. The Balaban J connectivity index is 1.49. The van der Waals surface area contributed by atoms with Crippen molar-refractivity contribution in [2.24, 2.45) is 11.8 Å². The molecule has 3 heterocycles. The zero-order valence-electron chi connectivity index (χ0n) is 19.4. The number of benzene rings is 4. The highest BCUT2D eigenvalue weighted by Crippen LogP contribution is 2.59. The van der Waals surface area contributed by atoms with Gasteiger partial charge in [0.1, 0.15) is 0 Å². The molecule has 4 aromatic rings. The van der Waals surface area contributed by atoms with Crippen molar-refractivity contribution in [1.29, 1.82) is 0 Å². The average molecular weight is 491 g/mol. The summed E-state index contributed by atoms with van der Waals surface area (Å²) in [7, 11) is 0. The Morgan fingerprint density at radius 1 is 0.639 bits per heavy atom. The Labute approximate surface area is 214 Å². The lowest BCUT2D eigenvalue weighted by Crippen LogP contribution is -2.38. The van der Waals surface area contributed by atoms with Crippen LogP contribution < -0.4 is 9.80 Å². The lowest BCUT2D eigenvalue weighted by Gasteiger charge is -2.36. The number of fused-ring (bicyclic) bond motifs is 7. The summed E-state index contributed by atoms with van der Waals surface area (Å²) >= 11 is 6.25. The van der Waals surface area contributed by atoms with Gasteiger partial charge in [-0.15, -0.1) is 0 Å². The Morgan fingerprint density at radius 2 is 1.25 bits per heavy atom. The quantitative estimate of drug-likeness (QED) is 0.307. The van der Waals surface area contributed by atoms with Gasteiger partial charge < -0.3 is 4.90 Å². The Kier molecular flexibility index (Phi) is 4.80. The molecule has 2 saturated heterocycles. The highest BCUT2D eigenvalue weighted by molar-refractivity contribution is 6.30. The van der Waals surface area contributed by atoms with E-state index < -0.39 is 11.8 Å². The number of anilines is 2. The van der Waals surface area contributed by atoms with Crippen LogP contribution in [-0.2, 0) is 16.0 Å². The number of hydrogen-bond donors (Lipinski definition) is 0. The van der Waals surface area contributed by atoms with Crippen molar-refractivity contribution in [3.63, 3.8) is 0 Å². The van der Waals surface area contributed by atoms with Crippen LogP contribution in [0, 0.1) is 11.8 Å². The van der Waals surface area contributed by atoms with Gasteiger partial charge in [0.05, 0.1) is 29.6 Å². The van der Waals surface area contributed by atoms with Crippen LogP contribution in [0.3, 0.4) is 0 Å². The molecule has 3 aliphatic rings. The fourth-order valence-electron chi connectivity index (χ4n) is 6.50. The summed E-state index contributed by atoms with van der Waals surface area (Å²) in [6.45, 7) is 0. The minimum Gasteiger partial charge on any atom is -0.356 e. The summed E-state index contributed by atoms with van der Waals surface area (Å²) < 4.78 is 0. The van der Waals surface area contributed by atoms with Crippen LogP contribution in [0.25, 0.3) is 0 Å². The molecule has 0 radical (unpaired) electrons. The maximum absolute atomic E-state index is 14.2. The molecule has 0 saturated carbocycles. The molecule has 2 fully saturated rings. The summed E-state index contributed by atoms with van der Waals surface area (Å²) in [5.74, 6) is -1.27. The van der Waals surface area contributed by atoms with Crippen LogP contribution in [0.2, 0.25) is 5.02 Å². The van der Waals surface area contributed by atoms with Gasteiger partial charge in [0.15, 0.2) is 0 Å². The largest absolute Gasteiger partial charge is 0.356 e. The van der Waals surface area contributed by atoms with Gasteiger partial charge in [-0.3, -0.25) is 9.59 Å². The number of imide groups is 1. The second-order valence-electron chi connectivity index (χ2n) is 9.75. The van der Waals surface area contributed by atoms with Gasteiger partial charge in [0, 0.05) is 10.7 Å². The molecule has 7 rings (SSSR count). The Hall–Kier alpha value is -3.89. The summed E-state index contributed by atoms with van der Waals surface area (Å²) in [5.41, 5.74) is 6.22. The predicted octanol–water partition coefficient (Wildman–Crippen LogP) is 6.35. The van der Waals surface area contributed by atoms with Crippen LogP contribution in [0.5, 0.6) is 0 Å². The van der Waals surface area contributed by atoms with Crippen molar-refractivity contribution < 1.29 is 9.59 Å². The number of nitrogens with zero attached hydrogens (tertiary/aromatic N) is 2. The molecule has 4 nitrogen and oxygen atoms in total. The fourth-order valence-corrected chi connectivity index (χ4v) is 6.63. The van der Waals surface area contributed by atoms with Crippen molar-refractivity contribution in [2.45, 2.75) is 18.5 Å². The molecule has 0 unspecified atom stereocenters. The van der Waals surface area contributed by atoms with Crippen LogP contribution in [0.1, 0.15) is 34.3 Å². The maximum Gasteiger partial charge on any atom is 0.240 e. The smallest absolute Gasteiger partial charge is 0.240 e. The maximum atomic E-state index is 14.2. The summed E-state index contributed by atoms with van der Waals surface area (Å²) in [6.07, 6.45) is 0.786. The normalized spacial score (nSPS) is 24.1. The van der Waals surface area contributed by atoms with Crippen LogP contribution >= 0.6 is 11.6 Å². The predicted molar refractivity (Wildman–Crippen MR) is 141 cm³/mol. The number of rotatable bonds is 2. The second-order valence-corrected chi connectivity index (χ2v) is 10.2. The topological polar surface area (TPSA) is 40.6 Å². The van der Waals surface area contributed by atoms with Crippen molar-refractivity contribution in [3.05, 3.63) is 130 Å². The third-order valence-corrected chi connectivity index (χ3v) is 8.18. The third kappa shape index (κ3) is 3.01. The molecule has 0 aliphatic carbocycles. The van der Waals surface area contributed by atoms with E-state index in [2.05, 4.69) is 41.3 Å². The number of carbonyl (C=O) groups is 2. The average Bonchev–Trinajstić information content (AvgIpc) is 3.33. The zero-order chi connectivity index (χ0) is 24.4. The molecular weight excluding hydrogens is 468 g/mol. The van der Waals surface area contributed by atoms with Crippen LogP contribution in [0.4, 0.5) is 11.4 Å². The number of para-hydroxylation sites is 2. The van der Waals surface area contributed by atoms with E-state index in [9.17, 15) is 9.59 Å². The second kappa shape index (κ2) is 8.07. The number of halogens is 1. The standard InChI is InChI=1S/C31H23ClN2O2/c32-22-16-14-19(15-17-22)28-26-27(31(36)33(30(26)35)23-10-2-1-3-11-23)29-24-12-6-4-8-20(24)18-21-9-5-7-13-25(21)34(28)29/h1-17,26-29H,18H2/t26-,27+,28+,29-/m1/s1. The molecule has 4 aromatic carbocycles. The number of amides is 2. The minimum atomic E-state index is -0.511. The fraction of sp³-hybridized carbons (Fsp3) is 0.161. The van der Waals surface area contributed by atoms with E-state index in [1.54, 1.807) is 0 Å². The molecular formula is C31H23ClN2O2. The van der Waals surface area contributed by atoms with E-state index in [1.807, 2.05) is 66.7 Å². The summed E-state index contributed by atoms with van der Waals surface area (Å²) in [5, 5.41) is 0.645. The van der Waals surface area contributed by atoms with Crippen LogP contribution in [-0.4, -0.2) is 11.8 Å². The Bertz CT molecular complexity index is 1500. The van der Waals surface area contributed by atoms with E-state index in [0.29, 0.717) is 10.7 Å². The zero-order valence-corrected chi connectivity index (χ0v) is 20.2. The molecule has 0 aromatic heterocycles. The molecule has 4 atom stereocenters. The van der Waals surface area contributed by atoms with E-state index in [4.69, 9.17) is 11.6 Å². The van der Waals surface area contributed by atoms with Crippen molar-refractivity contribution in [1.82, 2.24) is 0 Å². The van der Waals surface area contributed by atoms with Gasteiger partial charge in [-0.25, -0.2) is 4.90 Å². The molecule has 176 valence electrons. The highest BCUT2D eigenvalue weighted by Gasteiger charge is 2.63. The van der Waals surface area contributed by atoms with Gasteiger partial charge >= 0.3 is 0 Å². The molecule has 5 heteroatoms. The van der Waals surface area contributed by atoms with E-state index in [1.165, 1.54) is 16.0 Å². The van der Waals surface area contributed by atoms with Gasteiger partial charge in [0.25, 0.3) is 0 Å². The summed E-state index contributed by atoms with van der Waals surface area (Å²) in [4.78, 5) is 32.1. The third-order valence-electron chi connectivity index (χ3n) is 7.93. The first kappa shape index (κ1) is 21.4. The first-order chi connectivity index (χ1) is 17.6. The van der Waals surface area contributed by atoms with Crippen molar-refractivity contribution in [3.8, 4) is 0 Å². The lowest BCUT2D eigenvalue weighted by molar-refractivity contribution is -0.123. The van der Waals surface area contributed by atoms with Crippen LogP contribution in [0.15, 0.2) is 103 Å². The van der Waals surface area contributed by atoms with E-state index in [-0.39, 0.29) is 23.9 Å². The monoisotopic (exact) mass is 490 g/mol.